The first-order valence-electron chi connectivity index (χ1n) is 11.1. The summed E-state index contributed by atoms with van der Waals surface area (Å²) in [5.41, 5.74) is 2.09. The van der Waals surface area contributed by atoms with E-state index in [0.717, 1.165) is 43.8 Å². The zero-order chi connectivity index (χ0) is 20.3. The Kier molecular flexibility index (Phi) is 6.64. The number of carbonyl (C=O) groups excluding carboxylic acids is 1. The molecule has 1 aromatic rings. The van der Waals surface area contributed by atoms with E-state index >= 15 is 0 Å². The highest BCUT2D eigenvalue weighted by molar-refractivity contribution is 5.92. The zero-order valence-electron chi connectivity index (χ0n) is 18.4. The van der Waals surface area contributed by atoms with Crippen molar-refractivity contribution in [1.82, 2.24) is 15.2 Å². The maximum atomic E-state index is 12.1. The molecule has 0 radical (unpaired) electrons. The van der Waals surface area contributed by atoms with Crippen molar-refractivity contribution in [3.63, 3.8) is 0 Å². The van der Waals surface area contributed by atoms with E-state index in [-0.39, 0.29) is 11.9 Å². The molecule has 2 heterocycles. The Bertz CT molecular complexity index is 647. The monoisotopic (exact) mass is 386 g/mol. The molecule has 0 spiro atoms. The molecular weight excluding hydrogens is 348 g/mol. The summed E-state index contributed by atoms with van der Waals surface area (Å²) in [6.07, 6.45) is 7.23. The van der Waals surface area contributed by atoms with E-state index in [2.05, 4.69) is 40.9 Å². The molecule has 1 amide bonds. The van der Waals surface area contributed by atoms with Crippen molar-refractivity contribution in [1.29, 1.82) is 0 Å². The number of anilines is 1. The third-order valence-electron chi connectivity index (χ3n) is 7.02. The number of amides is 1. The molecule has 1 saturated heterocycles. The van der Waals surface area contributed by atoms with Crippen LogP contribution in [0.15, 0.2) is 18.3 Å². The molecule has 1 aliphatic carbocycles. The first-order chi connectivity index (χ1) is 13.3. The predicted molar refractivity (Wildman–Crippen MR) is 116 cm³/mol. The Morgan fingerprint density at radius 1 is 1.21 bits per heavy atom. The van der Waals surface area contributed by atoms with Crippen molar-refractivity contribution in [3.8, 4) is 0 Å². The Morgan fingerprint density at radius 3 is 2.50 bits per heavy atom. The SMILES string of the molecule is CCC(C)(C)C1CC[C@@H](N2CCN(c3ccc(C(=O)NC(C)C)nc3)CC2)C1. The van der Waals surface area contributed by atoms with Gasteiger partial charge in [-0.05, 0) is 56.6 Å². The van der Waals surface area contributed by atoms with E-state index in [4.69, 9.17) is 0 Å². The van der Waals surface area contributed by atoms with Gasteiger partial charge in [-0.1, -0.05) is 27.2 Å². The average Bonchev–Trinajstić information content (AvgIpc) is 3.19. The van der Waals surface area contributed by atoms with Gasteiger partial charge in [-0.25, -0.2) is 4.98 Å². The van der Waals surface area contributed by atoms with Crippen LogP contribution in [0.1, 0.15) is 70.8 Å². The molecule has 1 saturated carbocycles. The van der Waals surface area contributed by atoms with Gasteiger partial charge in [0.25, 0.3) is 5.91 Å². The zero-order valence-corrected chi connectivity index (χ0v) is 18.4. The lowest BCUT2D eigenvalue weighted by Crippen LogP contribution is -2.50. The van der Waals surface area contributed by atoms with Crippen LogP contribution in [0.5, 0.6) is 0 Å². The largest absolute Gasteiger partial charge is 0.368 e. The molecule has 1 unspecified atom stereocenters. The number of piperazine rings is 1. The fraction of sp³-hybridized carbons (Fsp3) is 0.739. The van der Waals surface area contributed by atoms with Crippen LogP contribution in [0.25, 0.3) is 0 Å². The number of pyridine rings is 1. The van der Waals surface area contributed by atoms with Crippen LogP contribution < -0.4 is 10.2 Å². The number of hydrogen-bond donors (Lipinski definition) is 1. The second kappa shape index (κ2) is 8.81. The number of hydrogen-bond acceptors (Lipinski definition) is 4. The van der Waals surface area contributed by atoms with Gasteiger partial charge in [0.05, 0.1) is 11.9 Å². The van der Waals surface area contributed by atoms with Crippen LogP contribution in [0.2, 0.25) is 0 Å². The molecule has 0 aromatic carbocycles. The standard InChI is InChI=1S/C23H38N4O/c1-6-23(4,5)18-7-8-19(15-18)26-11-13-27(14-12-26)20-9-10-21(24-16-20)22(28)25-17(2)3/h9-10,16-19H,6-8,11-15H2,1-5H3,(H,25,28)/t18?,19-/m1/s1. The quantitative estimate of drug-likeness (QED) is 0.804. The first-order valence-corrected chi connectivity index (χ1v) is 11.1. The van der Waals surface area contributed by atoms with Crippen LogP contribution >= 0.6 is 0 Å². The summed E-state index contributed by atoms with van der Waals surface area (Å²) in [7, 11) is 0. The molecule has 2 aliphatic rings. The van der Waals surface area contributed by atoms with Gasteiger partial charge < -0.3 is 10.2 Å². The molecule has 1 N–H and O–H groups in total. The Balaban J connectivity index is 1.51. The molecule has 1 aromatic heterocycles. The van der Waals surface area contributed by atoms with Crippen LogP contribution in [0.4, 0.5) is 5.69 Å². The topological polar surface area (TPSA) is 48.5 Å². The summed E-state index contributed by atoms with van der Waals surface area (Å²) in [5.74, 6) is 0.770. The van der Waals surface area contributed by atoms with Crippen LogP contribution in [-0.2, 0) is 0 Å². The number of nitrogens with zero attached hydrogens (tertiary/aromatic N) is 3. The molecule has 0 bridgehead atoms. The minimum absolute atomic E-state index is 0.0999. The van der Waals surface area contributed by atoms with E-state index in [1.165, 1.54) is 25.7 Å². The van der Waals surface area contributed by atoms with Gasteiger partial charge in [-0.2, -0.15) is 0 Å². The van der Waals surface area contributed by atoms with Crippen molar-refractivity contribution in [2.24, 2.45) is 11.3 Å². The molecule has 28 heavy (non-hydrogen) atoms. The smallest absolute Gasteiger partial charge is 0.270 e. The lowest BCUT2D eigenvalue weighted by atomic mass is 9.76. The van der Waals surface area contributed by atoms with Crippen molar-refractivity contribution in [2.45, 2.75) is 72.4 Å². The molecule has 2 atom stereocenters. The molecule has 1 aliphatic heterocycles. The van der Waals surface area contributed by atoms with Crippen molar-refractivity contribution >= 4 is 11.6 Å². The van der Waals surface area contributed by atoms with Crippen molar-refractivity contribution < 1.29 is 4.79 Å². The van der Waals surface area contributed by atoms with Gasteiger partial charge in [0, 0.05) is 38.3 Å². The fourth-order valence-electron chi connectivity index (χ4n) is 4.68. The number of nitrogens with one attached hydrogen (secondary N) is 1. The summed E-state index contributed by atoms with van der Waals surface area (Å²) in [6, 6.07) is 4.76. The van der Waals surface area contributed by atoms with Crippen molar-refractivity contribution in [3.05, 3.63) is 24.0 Å². The molecule has 156 valence electrons. The van der Waals surface area contributed by atoms with Crippen LogP contribution in [0, 0.1) is 11.3 Å². The van der Waals surface area contributed by atoms with Gasteiger partial charge in [-0.15, -0.1) is 0 Å². The van der Waals surface area contributed by atoms with E-state index in [1.807, 2.05) is 32.2 Å². The number of carbonyl (C=O) groups is 1. The third kappa shape index (κ3) is 4.86. The minimum atomic E-state index is -0.0999. The minimum Gasteiger partial charge on any atom is -0.368 e. The highest BCUT2D eigenvalue weighted by Crippen LogP contribution is 2.43. The summed E-state index contributed by atoms with van der Waals surface area (Å²) in [5, 5.41) is 2.89. The number of aromatic nitrogens is 1. The van der Waals surface area contributed by atoms with Gasteiger partial charge in [0.1, 0.15) is 5.69 Å². The Labute approximate surface area is 170 Å². The fourth-order valence-corrected chi connectivity index (χ4v) is 4.68. The van der Waals surface area contributed by atoms with Crippen molar-refractivity contribution in [2.75, 3.05) is 31.1 Å². The van der Waals surface area contributed by atoms with Gasteiger partial charge >= 0.3 is 0 Å². The maximum Gasteiger partial charge on any atom is 0.270 e. The summed E-state index contributed by atoms with van der Waals surface area (Å²) in [4.78, 5) is 21.5. The normalized spacial score (nSPS) is 24.0. The van der Waals surface area contributed by atoms with E-state index in [1.54, 1.807) is 0 Å². The molecule has 2 fully saturated rings. The predicted octanol–water partition coefficient (Wildman–Crippen LogP) is 3.95. The summed E-state index contributed by atoms with van der Waals surface area (Å²) >= 11 is 0. The average molecular weight is 387 g/mol. The molecule has 5 nitrogen and oxygen atoms in total. The van der Waals surface area contributed by atoms with Crippen LogP contribution in [0.3, 0.4) is 0 Å². The van der Waals surface area contributed by atoms with Crippen LogP contribution in [-0.4, -0.2) is 54.1 Å². The van der Waals surface area contributed by atoms with E-state index in [9.17, 15) is 4.79 Å². The number of rotatable bonds is 6. The lowest BCUT2D eigenvalue weighted by molar-refractivity contribution is 0.0938. The first kappa shape index (κ1) is 21.1. The molecule has 3 rings (SSSR count). The third-order valence-corrected chi connectivity index (χ3v) is 7.02. The highest BCUT2D eigenvalue weighted by atomic mass is 16.1. The van der Waals surface area contributed by atoms with E-state index < -0.39 is 0 Å². The lowest BCUT2D eigenvalue weighted by Gasteiger charge is -2.39. The summed E-state index contributed by atoms with van der Waals surface area (Å²) < 4.78 is 0. The van der Waals surface area contributed by atoms with E-state index in [0.29, 0.717) is 11.1 Å². The highest BCUT2D eigenvalue weighted by Gasteiger charge is 2.37. The summed E-state index contributed by atoms with van der Waals surface area (Å²) in [6.45, 7) is 15.5. The second-order valence-electron chi connectivity index (χ2n) is 9.56. The second-order valence-corrected chi connectivity index (χ2v) is 9.56. The Morgan fingerprint density at radius 2 is 1.93 bits per heavy atom. The maximum absolute atomic E-state index is 12.1. The Hall–Kier alpha value is -1.62. The molecule has 5 heteroatoms. The van der Waals surface area contributed by atoms with Gasteiger partial charge in [0.2, 0.25) is 0 Å². The van der Waals surface area contributed by atoms with Gasteiger partial charge in [-0.3, -0.25) is 9.69 Å². The van der Waals surface area contributed by atoms with Gasteiger partial charge in [0.15, 0.2) is 0 Å². The molecular formula is C23H38N4O.